The molecular formula is C13H18N2O2. The van der Waals surface area contributed by atoms with Gasteiger partial charge in [0.25, 0.3) is 0 Å². The molecule has 1 aromatic heterocycles. The third kappa shape index (κ3) is 2.57. The first-order valence-corrected chi connectivity index (χ1v) is 5.96. The third-order valence-corrected chi connectivity index (χ3v) is 3.24. The number of hydrogen-bond donors (Lipinski definition) is 0. The van der Waals surface area contributed by atoms with Gasteiger partial charge in [-0.2, -0.15) is 0 Å². The first-order chi connectivity index (χ1) is 8.22. The van der Waals surface area contributed by atoms with Gasteiger partial charge in [0.1, 0.15) is 5.82 Å². The van der Waals surface area contributed by atoms with Crippen LogP contribution in [0.1, 0.15) is 18.4 Å². The highest BCUT2D eigenvalue weighted by molar-refractivity contribution is 5.73. The summed E-state index contributed by atoms with van der Waals surface area (Å²) >= 11 is 0. The Morgan fingerprint density at radius 2 is 2.41 bits per heavy atom. The van der Waals surface area contributed by atoms with Gasteiger partial charge in [-0.15, -0.1) is 0 Å². The van der Waals surface area contributed by atoms with Crippen LogP contribution in [-0.4, -0.2) is 31.2 Å². The van der Waals surface area contributed by atoms with Gasteiger partial charge in [-0.1, -0.05) is 6.07 Å². The van der Waals surface area contributed by atoms with E-state index in [-0.39, 0.29) is 11.9 Å². The molecule has 1 saturated heterocycles. The van der Waals surface area contributed by atoms with Crippen LogP contribution in [0.15, 0.2) is 18.3 Å². The van der Waals surface area contributed by atoms with Gasteiger partial charge in [0.15, 0.2) is 0 Å². The van der Waals surface area contributed by atoms with Crippen LogP contribution in [-0.2, 0) is 9.53 Å². The van der Waals surface area contributed by atoms with Crippen LogP contribution in [0.3, 0.4) is 0 Å². The van der Waals surface area contributed by atoms with E-state index in [1.54, 1.807) is 6.20 Å². The Bertz CT molecular complexity index is 406. The van der Waals surface area contributed by atoms with Gasteiger partial charge in [0, 0.05) is 19.3 Å². The summed E-state index contributed by atoms with van der Waals surface area (Å²) < 4.78 is 4.82. The van der Waals surface area contributed by atoms with E-state index in [9.17, 15) is 4.79 Å². The summed E-state index contributed by atoms with van der Waals surface area (Å²) in [5, 5.41) is 0. The molecule has 0 aliphatic carbocycles. The number of nitrogens with zero attached hydrogens (tertiary/aromatic N) is 2. The zero-order valence-corrected chi connectivity index (χ0v) is 10.3. The summed E-state index contributed by atoms with van der Waals surface area (Å²) in [5.74, 6) is 0.861. The molecule has 1 unspecified atom stereocenters. The van der Waals surface area contributed by atoms with Gasteiger partial charge in [-0.25, -0.2) is 4.98 Å². The van der Waals surface area contributed by atoms with Crippen LogP contribution in [0.25, 0.3) is 0 Å². The van der Waals surface area contributed by atoms with Crippen molar-refractivity contribution in [3.63, 3.8) is 0 Å². The van der Waals surface area contributed by atoms with Crippen molar-refractivity contribution in [3.05, 3.63) is 23.9 Å². The molecule has 1 fully saturated rings. The Morgan fingerprint density at radius 1 is 1.59 bits per heavy atom. The molecule has 92 valence electrons. The Morgan fingerprint density at radius 3 is 3.12 bits per heavy atom. The standard InChI is InChI=1S/C13H18N2O2/c1-10-5-3-7-14-12(10)15-8-4-6-11(9-15)13(16)17-2/h3,5,7,11H,4,6,8-9H2,1-2H3. The topological polar surface area (TPSA) is 42.4 Å². The second kappa shape index (κ2) is 5.17. The fourth-order valence-corrected chi connectivity index (χ4v) is 2.34. The zero-order chi connectivity index (χ0) is 12.3. The molecular weight excluding hydrogens is 216 g/mol. The van der Waals surface area contributed by atoms with E-state index >= 15 is 0 Å². The molecule has 2 rings (SSSR count). The van der Waals surface area contributed by atoms with Gasteiger partial charge >= 0.3 is 5.97 Å². The lowest BCUT2D eigenvalue weighted by Gasteiger charge is -2.32. The molecule has 0 radical (unpaired) electrons. The number of anilines is 1. The normalized spacial score (nSPS) is 20.1. The average Bonchev–Trinajstić information content (AvgIpc) is 2.38. The number of rotatable bonds is 2. The van der Waals surface area contributed by atoms with E-state index in [4.69, 9.17) is 4.74 Å². The molecule has 4 nitrogen and oxygen atoms in total. The van der Waals surface area contributed by atoms with E-state index in [0.717, 1.165) is 30.8 Å². The maximum Gasteiger partial charge on any atom is 0.310 e. The minimum absolute atomic E-state index is 0.0184. The van der Waals surface area contributed by atoms with Crippen LogP contribution >= 0.6 is 0 Å². The summed E-state index contributed by atoms with van der Waals surface area (Å²) in [6.07, 6.45) is 3.72. The zero-order valence-electron chi connectivity index (χ0n) is 10.3. The van der Waals surface area contributed by atoms with Crippen molar-refractivity contribution >= 4 is 11.8 Å². The molecule has 0 spiro atoms. The van der Waals surface area contributed by atoms with Crippen molar-refractivity contribution in [2.24, 2.45) is 5.92 Å². The van der Waals surface area contributed by atoms with Crippen molar-refractivity contribution in [1.29, 1.82) is 0 Å². The molecule has 0 N–H and O–H groups in total. The predicted octanol–water partition coefficient (Wildman–Crippen LogP) is 1.78. The first-order valence-electron chi connectivity index (χ1n) is 5.96. The Labute approximate surface area is 102 Å². The number of aromatic nitrogens is 1. The van der Waals surface area contributed by atoms with Crippen molar-refractivity contribution in [1.82, 2.24) is 4.98 Å². The molecule has 0 bridgehead atoms. The lowest BCUT2D eigenvalue weighted by molar-refractivity contribution is -0.145. The molecule has 0 amide bonds. The van der Waals surface area contributed by atoms with E-state index in [1.807, 2.05) is 19.1 Å². The van der Waals surface area contributed by atoms with E-state index in [0.29, 0.717) is 6.54 Å². The van der Waals surface area contributed by atoms with Crippen molar-refractivity contribution < 1.29 is 9.53 Å². The van der Waals surface area contributed by atoms with Crippen molar-refractivity contribution in [3.8, 4) is 0 Å². The fraction of sp³-hybridized carbons (Fsp3) is 0.538. The maximum atomic E-state index is 11.6. The van der Waals surface area contributed by atoms with Gasteiger partial charge in [0.2, 0.25) is 0 Å². The number of hydrogen-bond acceptors (Lipinski definition) is 4. The monoisotopic (exact) mass is 234 g/mol. The predicted molar refractivity (Wildman–Crippen MR) is 65.9 cm³/mol. The number of carbonyl (C=O) groups excluding carboxylic acids is 1. The summed E-state index contributed by atoms with van der Waals surface area (Å²) in [5.41, 5.74) is 1.15. The number of aryl methyl sites for hydroxylation is 1. The summed E-state index contributed by atoms with van der Waals surface area (Å²) in [6.45, 7) is 3.72. The summed E-state index contributed by atoms with van der Waals surface area (Å²) in [7, 11) is 1.45. The second-order valence-electron chi connectivity index (χ2n) is 4.45. The SMILES string of the molecule is COC(=O)C1CCCN(c2ncccc2C)C1. The highest BCUT2D eigenvalue weighted by atomic mass is 16.5. The molecule has 1 atom stereocenters. The van der Waals surface area contributed by atoms with Crippen LogP contribution < -0.4 is 4.90 Å². The second-order valence-corrected chi connectivity index (χ2v) is 4.45. The van der Waals surface area contributed by atoms with Gasteiger partial charge < -0.3 is 9.64 Å². The number of piperidine rings is 1. The number of pyridine rings is 1. The fourth-order valence-electron chi connectivity index (χ4n) is 2.34. The molecule has 0 aromatic carbocycles. The molecule has 0 saturated carbocycles. The van der Waals surface area contributed by atoms with Crippen LogP contribution in [0.2, 0.25) is 0 Å². The lowest BCUT2D eigenvalue weighted by Crippen LogP contribution is -2.39. The Balaban J connectivity index is 2.12. The van der Waals surface area contributed by atoms with Gasteiger partial charge in [0.05, 0.1) is 13.0 Å². The van der Waals surface area contributed by atoms with Crippen molar-refractivity contribution in [2.45, 2.75) is 19.8 Å². The van der Waals surface area contributed by atoms with Crippen LogP contribution in [0.4, 0.5) is 5.82 Å². The van der Waals surface area contributed by atoms with Crippen LogP contribution in [0.5, 0.6) is 0 Å². The highest BCUT2D eigenvalue weighted by Gasteiger charge is 2.27. The molecule has 2 heterocycles. The molecule has 1 aliphatic rings. The number of esters is 1. The lowest BCUT2D eigenvalue weighted by atomic mass is 9.98. The number of ether oxygens (including phenoxy) is 1. The highest BCUT2D eigenvalue weighted by Crippen LogP contribution is 2.24. The Kier molecular flexibility index (Phi) is 3.61. The third-order valence-electron chi connectivity index (χ3n) is 3.24. The quantitative estimate of drug-likeness (QED) is 0.731. The summed E-state index contributed by atoms with van der Waals surface area (Å²) in [6, 6.07) is 3.98. The Hall–Kier alpha value is -1.58. The molecule has 17 heavy (non-hydrogen) atoms. The number of methoxy groups -OCH3 is 1. The largest absolute Gasteiger partial charge is 0.469 e. The van der Waals surface area contributed by atoms with Crippen molar-refractivity contribution in [2.75, 3.05) is 25.1 Å². The summed E-state index contributed by atoms with van der Waals surface area (Å²) in [4.78, 5) is 18.1. The molecule has 1 aromatic rings. The van der Waals surface area contributed by atoms with E-state index < -0.39 is 0 Å². The van der Waals surface area contributed by atoms with Crippen LogP contribution in [0, 0.1) is 12.8 Å². The van der Waals surface area contributed by atoms with E-state index in [1.165, 1.54) is 7.11 Å². The van der Waals surface area contributed by atoms with Gasteiger partial charge in [-0.05, 0) is 31.4 Å². The number of carbonyl (C=O) groups is 1. The minimum Gasteiger partial charge on any atom is -0.469 e. The molecule has 1 aliphatic heterocycles. The maximum absolute atomic E-state index is 11.6. The van der Waals surface area contributed by atoms with Gasteiger partial charge in [-0.3, -0.25) is 4.79 Å². The average molecular weight is 234 g/mol. The van der Waals surface area contributed by atoms with E-state index in [2.05, 4.69) is 9.88 Å². The minimum atomic E-state index is -0.108. The molecule has 4 heteroatoms. The smallest absolute Gasteiger partial charge is 0.310 e. The first kappa shape index (κ1) is 11.9.